The molecule has 1 aliphatic carbocycles. The number of sulfone groups is 1. The van der Waals surface area contributed by atoms with Gasteiger partial charge in [-0.2, -0.15) is 0 Å². The highest BCUT2D eigenvalue weighted by atomic mass is 32.2. The van der Waals surface area contributed by atoms with Crippen molar-refractivity contribution in [1.29, 1.82) is 0 Å². The predicted octanol–water partition coefficient (Wildman–Crippen LogP) is 0.953. The van der Waals surface area contributed by atoms with Gasteiger partial charge >= 0.3 is 6.03 Å². The van der Waals surface area contributed by atoms with Gasteiger partial charge in [-0.05, 0) is 43.9 Å². The Morgan fingerprint density at radius 2 is 1.82 bits per heavy atom. The van der Waals surface area contributed by atoms with Crippen LogP contribution in [0.1, 0.15) is 66.2 Å². The smallest absolute Gasteiger partial charge is 0.323 e. The van der Waals surface area contributed by atoms with E-state index in [1.807, 2.05) is 6.92 Å². The summed E-state index contributed by atoms with van der Waals surface area (Å²) in [6.07, 6.45) is 5.00. The van der Waals surface area contributed by atoms with Gasteiger partial charge in [0.15, 0.2) is 16.5 Å². The van der Waals surface area contributed by atoms with Gasteiger partial charge in [-0.1, -0.05) is 27.2 Å². The number of carbonyl (C=O) groups excluding carboxylic acids is 2. The van der Waals surface area contributed by atoms with Crippen molar-refractivity contribution in [3.8, 4) is 0 Å². The fourth-order valence-electron chi connectivity index (χ4n) is 5.19. The summed E-state index contributed by atoms with van der Waals surface area (Å²) in [5, 5.41) is 3.00. The third kappa shape index (κ3) is 3.95. The van der Waals surface area contributed by atoms with Crippen LogP contribution in [-0.2, 0) is 14.6 Å². The molecule has 160 valence electrons. The van der Waals surface area contributed by atoms with Gasteiger partial charge in [0, 0.05) is 6.42 Å². The first kappa shape index (κ1) is 21.6. The van der Waals surface area contributed by atoms with E-state index >= 15 is 0 Å². The third-order valence-corrected chi connectivity index (χ3v) is 9.49. The summed E-state index contributed by atoms with van der Waals surface area (Å²) in [4.78, 5) is 28.2. The van der Waals surface area contributed by atoms with Crippen LogP contribution in [0.15, 0.2) is 0 Å². The monoisotopic (exact) mass is 414 g/mol. The quantitative estimate of drug-likeness (QED) is 0.634. The summed E-state index contributed by atoms with van der Waals surface area (Å²) in [5.74, 6) is 0.818. The zero-order valence-corrected chi connectivity index (χ0v) is 18.5. The summed E-state index contributed by atoms with van der Waals surface area (Å²) >= 11 is 0. The third-order valence-electron chi connectivity index (χ3n) is 7.73. The van der Waals surface area contributed by atoms with Gasteiger partial charge in [0.2, 0.25) is 0 Å². The van der Waals surface area contributed by atoms with Crippen molar-refractivity contribution >= 4 is 21.8 Å². The highest BCUT2D eigenvalue weighted by molar-refractivity contribution is 7.91. The first-order valence-electron chi connectivity index (χ1n) is 10.7. The van der Waals surface area contributed by atoms with Crippen molar-refractivity contribution in [2.45, 2.75) is 77.8 Å². The maximum atomic E-state index is 13.2. The number of amides is 3. The van der Waals surface area contributed by atoms with Crippen LogP contribution in [0.4, 0.5) is 4.79 Å². The molecule has 3 aliphatic rings. The Morgan fingerprint density at radius 3 is 2.32 bits per heavy atom. The Kier molecular flexibility index (Phi) is 5.85. The van der Waals surface area contributed by atoms with Crippen LogP contribution >= 0.6 is 0 Å². The maximum absolute atomic E-state index is 13.2. The molecule has 8 heteroatoms. The van der Waals surface area contributed by atoms with Crippen LogP contribution in [0.3, 0.4) is 0 Å². The van der Waals surface area contributed by atoms with E-state index in [4.69, 9.17) is 0 Å². The van der Waals surface area contributed by atoms with E-state index < -0.39 is 15.4 Å². The minimum Gasteiger partial charge on any atom is -0.323 e. The summed E-state index contributed by atoms with van der Waals surface area (Å²) in [7, 11) is -2.99. The maximum Gasteiger partial charge on any atom is 0.329 e. The molecule has 7 nitrogen and oxygen atoms in total. The normalized spacial score (nSPS) is 34.1. The zero-order valence-electron chi connectivity index (χ0n) is 17.7. The van der Waals surface area contributed by atoms with Gasteiger partial charge in [-0.3, -0.25) is 4.79 Å². The first-order chi connectivity index (χ1) is 13.0. The minimum atomic E-state index is -2.99. The molecule has 2 saturated heterocycles. The molecule has 3 rings (SSSR count). The molecule has 1 saturated carbocycles. The topological polar surface area (TPSA) is 88.0 Å². The standard InChI is InChI=1S/C20H35N3O4S/c1-5-19(3,4)15-7-10-20(11-8-15)17(24)23(18(25)21-20)14-22(6-2)16-9-12-28(26,27)13-16/h15-16H,5-14H2,1-4H3,(H,21,25)/p+1/t15?,16-,20?/m0/s1. The van der Waals surface area contributed by atoms with Crippen LogP contribution in [0.5, 0.6) is 0 Å². The molecule has 0 bridgehead atoms. The average Bonchev–Trinajstić information content (AvgIpc) is 3.11. The predicted molar refractivity (Wildman–Crippen MR) is 108 cm³/mol. The van der Waals surface area contributed by atoms with E-state index in [9.17, 15) is 18.0 Å². The number of imide groups is 1. The Balaban J connectivity index is 1.67. The Bertz CT molecular complexity index is 726. The Labute approximate surface area is 169 Å². The summed E-state index contributed by atoms with van der Waals surface area (Å²) < 4.78 is 23.7. The van der Waals surface area contributed by atoms with Crippen molar-refractivity contribution in [3.63, 3.8) is 0 Å². The average molecular weight is 415 g/mol. The van der Waals surface area contributed by atoms with Gasteiger partial charge in [-0.25, -0.2) is 18.1 Å². The number of hydrogen-bond acceptors (Lipinski definition) is 4. The van der Waals surface area contributed by atoms with E-state index in [2.05, 4.69) is 26.1 Å². The SMILES string of the molecule is CC[NH+](CN1C(=O)NC2(CCC(C(C)(C)CC)CC2)C1=O)[C@H]1CCS(=O)(=O)C1. The zero-order chi connectivity index (χ0) is 20.7. The molecule has 2 aliphatic heterocycles. The molecule has 2 heterocycles. The van der Waals surface area contributed by atoms with E-state index in [1.54, 1.807) is 0 Å². The number of nitrogens with one attached hydrogen (secondary N) is 2. The van der Waals surface area contributed by atoms with Gasteiger partial charge in [0.1, 0.15) is 17.3 Å². The number of nitrogens with zero attached hydrogens (tertiary/aromatic N) is 1. The van der Waals surface area contributed by atoms with Gasteiger partial charge < -0.3 is 10.2 Å². The van der Waals surface area contributed by atoms with E-state index in [0.717, 1.165) is 24.2 Å². The van der Waals surface area contributed by atoms with Crippen LogP contribution in [0.2, 0.25) is 0 Å². The van der Waals surface area contributed by atoms with Crippen molar-refractivity contribution in [3.05, 3.63) is 0 Å². The minimum absolute atomic E-state index is 0.0340. The molecular formula is C20H36N3O4S+. The fraction of sp³-hybridized carbons (Fsp3) is 0.900. The second-order valence-electron chi connectivity index (χ2n) is 9.63. The van der Waals surface area contributed by atoms with Crippen molar-refractivity contribution in [1.82, 2.24) is 10.2 Å². The Morgan fingerprint density at radius 1 is 1.18 bits per heavy atom. The van der Waals surface area contributed by atoms with Gasteiger partial charge in [0.05, 0.1) is 12.3 Å². The molecule has 0 aromatic carbocycles. The lowest BCUT2D eigenvalue weighted by Gasteiger charge is -2.42. The van der Waals surface area contributed by atoms with E-state index in [-0.39, 0.29) is 41.6 Å². The lowest BCUT2D eigenvalue weighted by molar-refractivity contribution is -0.927. The highest BCUT2D eigenvalue weighted by Crippen LogP contribution is 2.44. The van der Waals surface area contributed by atoms with Crippen molar-refractivity contribution in [2.75, 3.05) is 24.7 Å². The number of urea groups is 1. The molecule has 0 radical (unpaired) electrons. The van der Waals surface area contributed by atoms with Crippen LogP contribution in [-0.4, -0.2) is 61.6 Å². The number of hydrogen-bond donors (Lipinski definition) is 2. The van der Waals surface area contributed by atoms with E-state index in [0.29, 0.717) is 31.7 Å². The number of rotatable bonds is 6. The van der Waals surface area contributed by atoms with Crippen LogP contribution in [0.25, 0.3) is 0 Å². The lowest BCUT2D eigenvalue weighted by atomic mass is 9.65. The van der Waals surface area contributed by atoms with Gasteiger partial charge in [0.25, 0.3) is 5.91 Å². The second-order valence-corrected chi connectivity index (χ2v) is 11.9. The molecule has 2 N–H and O–H groups in total. The van der Waals surface area contributed by atoms with Crippen LogP contribution in [0, 0.1) is 11.3 Å². The molecule has 3 amide bonds. The molecular weight excluding hydrogens is 378 g/mol. The second kappa shape index (κ2) is 7.59. The number of carbonyl (C=O) groups is 2. The lowest BCUT2D eigenvalue weighted by Crippen LogP contribution is -3.17. The van der Waals surface area contributed by atoms with Gasteiger partial charge in [-0.15, -0.1) is 0 Å². The number of quaternary nitrogens is 1. The molecule has 2 atom stereocenters. The largest absolute Gasteiger partial charge is 0.329 e. The van der Waals surface area contributed by atoms with Crippen molar-refractivity contribution < 1.29 is 22.9 Å². The first-order valence-corrected chi connectivity index (χ1v) is 12.5. The Hall–Kier alpha value is -1.15. The van der Waals surface area contributed by atoms with Crippen molar-refractivity contribution in [2.24, 2.45) is 11.3 Å². The highest BCUT2D eigenvalue weighted by Gasteiger charge is 2.54. The molecule has 3 fully saturated rings. The molecule has 1 spiro atoms. The fourth-order valence-corrected chi connectivity index (χ4v) is 7.01. The van der Waals surface area contributed by atoms with Crippen LogP contribution < -0.4 is 10.2 Å². The summed E-state index contributed by atoms with van der Waals surface area (Å²) in [6, 6.07) is -0.349. The molecule has 0 aromatic heterocycles. The molecule has 0 aromatic rings. The summed E-state index contributed by atoms with van der Waals surface area (Å²) in [6.45, 7) is 9.71. The van der Waals surface area contributed by atoms with E-state index in [1.165, 1.54) is 4.90 Å². The summed E-state index contributed by atoms with van der Waals surface area (Å²) in [5.41, 5.74) is -0.498. The molecule has 1 unspecified atom stereocenters. The molecule has 28 heavy (non-hydrogen) atoms.